The molecule has 3 aromatic rings. The maximum atomic E-state index is 12.4. The zero-order chi connectivity index (χ0) is 20.1. The van der Waals surface area contributed by atoms with Crippen molar-refractivity contribution in [3.05, 3.63) is 64.9 Å². The number of hydrogen-bond acceptors (Lipinski definition) is 5. The molecule has 1 fully saturated rings. The molecule has 0 radical (unpaired) electrons. The van der Waals surface area contributed by atoms with E-state index < -0.39 is 0 Å². The van der Waals surface area contributed by atoms with Crippen LogP contribution in [0.15, 0.2) is 59.3 Å². The first kappa shape index (κ1) is 19.9. The van der Waals surface area contributed by atoms with Gasteiger partial charge < -0.3 is 15.0 Å². The van der Waals surface area contributed by atoms with Gasteiger partial charge in [-0.2, -0.15) is 11.3 Å². The number of nitrogens with zero attached hydrogens (tertiary/aromatic N) is 2. The van der Waals surface area contributed by atoms with Crippen LogP contribution in [0.2, 0.25) is 0 Å². The molecule has 1 N–H and O–H groups in total. The van der Waals surface area contributed by atoms with Crippen LogP contribution >= 0.6 is 11.3 Å². The Hall–Kier alpha value is -2.41. The van der Waals surface area contributed by atoms with Gasteiger partial charge in [0.1, 0.15) is 5.75 Å². The molecule has 1 aliphatic heterocycles. The number of likely N-dealkylation sites (N-methyl/N-ethyl adjacent to an activating group) is 1. The topological polar surface area (TPSA) is 44.8 Å². The molecular weight excluding hydrogens is 382 g/mol. The second-order valence-corrected chi connectivity index (χ2v) is 8.29. The van der Waals surface area contributed by atoms with E-state index in [9.17, 15) is 4.79 Å². The summed E-state index contributed by atoms with van der Waals surface area (Å²) in [6, 6.07) is 16.4. The third-order valence-electron chi connectivity index (χ3n) is 5.49. The van der Waals surface area contributed by atoms with Gasteiger partial charge in [0, 0.05) is 32.7 Å². The van der Waals surface area contributed by atoms with E-state index in [2.05, 4.69) is 45.1 Å². The van der Waals surface area contributed by atoms with Gasteiger partial charge in [-0.3, -0.25) is 9.69 Å². The fourth-order valence-electron chi connectivity index (χ4n) is 3.72. The maximum Gasteiger partial charge on any atom is 0.258 e. The van der Waals surface area contributed by atoms with Crippen LogP contribution in [0.5, 0.6) is 5.75 Å². The number of thiophene rings is 1. The molecule has 152 valence electrons. The number of benzene rings is 2. The summed E-state index contributed by atoms with van der Waals surface area (Å²) >= 11 is 1.70. The molecule has 1 amide bonds. The Kier molecular flexibility index (Phi) is 6.44. The number of nitrogens with one attached hydrogen (secondary N) is 1. The third-order valence-corrected chi connectivity index (χ3v) is 6.19. The van der Waals surface area contributed by atoms with Crippen LogP contribution in [-0.2, 0) is 4.79 Å². The molecule has 0 saturated carbocycles. The Morgan fingerprint density at radius 3 is 2.66 bits per heavy atom. The van der Waals surface area contributed by atoms with Crippen molar-refractivity contribution in [1.29, 1.82) is 0 Å². The smallest absolute Gasteiger partial charge is 0.258 e. The molecule has 0 aliphatic carbocycles. The number of ether oxygens (including phenoxy) is 1. The first-order valence-corrected chi connectivity index (χ1v) is 11.0. The second kappa shape index (κ2) is 9.39. The summed E-state index contributed by atoms with van der Waals surface area (Å²) in [6.45, 7) is 4.76. The standard InChI is InChI=1S/C23H27N3O2S/c1-25-9-11-26(12-10-25)22(20-8-13-29-17-20)15-24-23(27)16-28-21-7-6-18-4-2-3-5-19(18)14-21/h2-8,13-14,17,22H,9-12,15-16H2,1H3,(H,24,27)/t22-/m0/s1. The molecule has 6 heteroatoms. The van der Waals surface area contributed by atoms with Gasteiger partial charge in [0.05, 0.1) is 6.04 Å². The molecule has 2 heterocycles. The van der Waals surface area contributed by atoms with E-state index in [-0.39, 0.29) is 18.6 Å². The van der Waals surface area contributed by atoms with Crippen molar-refractivity contribution < 1.29 is 9.53 Å². The van der Waals surface area contributed by atoms with E-state index in [0.29, 0.717) is 12.3 Å². The summed E-state index contributed by atoms with van der Waals surface area (Å²) < 4.78 is 5.73. The van der Waals surface area contributed by atoms with Crippen molar-refractivity contribution in [2.24, 2.45) is 0 Å². The molecule has 0 unspecified atom stereocenters. The Labute approximate surface area is 175 Å². The minimum absolute atomic E-state index is 0.0252. The first-order chi connectivity index (χ1) is 14.2. The first-order valence-electron chi connectivity index (χ1n) is 10.0. The van der Waals surface area contributed by atoms with Gasteiger partial charge in [0.25, 0.3) is 5.91 Å². The lowest BCUT2D eigenvalue weighted by Gasteiger charge is -2.38. The SMILES string of the molecule is CN1CCN([C@@H](CNC(=O)COc2ccc3ccccc3c2)c2ccsc2)CC1. The summed E-state index contributed by atoms with van der Waals surface area (Å²) in [6.07, 6.45) is 0. The molecule has 1 atom stereocenters. The van der Waals surface area contributed by atoms with E-state index in [0.717, 1.165) is 37.0 Å². The molecule has 1 aromatic heterocycles. The lowest BCUT2D eigenvalue weighted by Crippen LogP contribution is -2.48. The minimum Gasteiger partial charge on any atom is -0.484 e. The summed E-state index contributed by atoms with van der Waals surface area (Å²) in [5.41, 5.74) is 1.27. The number of carbonyl (C=O) groups excluding carboxylic acids is 1. The summed E-state index contributed by atoms with van der Waals surface area (Å²) in [4.78, 5) is 17.2. The summed E-state index contributed by atoms with van der Waals surface area (Å²) in [5.74, 6) is 0.625. The predicted octanol–water partition coefficient (Wildman–Crippen LogP) is 3.39. The average Bonchev–Trinajstić information content (AvgIpc) is 3.28. The number of rotatable bonds is 7. The normalized spacial score (nSPS) is 16.6. The zero-order valence-corrected chi connectivity index (χ0v) is 17.5. The van der Waals surface area contributed by atoms with Crippen molar-refractivity contribution in [2.75, 3.05) is 46.4 Å². The van der Waals surface area contributed by atoms with E-state index >= 15 is 0 Å². The molecule has 5 nitrogen and oxygen atoms in total. The molecule has 0 bridgehead atoms. The van der Waals surface area contributed by atoms with Crippen LogP contribution in [-0.4, -0.2) is 62.1 Å². The predicted molar refractivity (Wildman–Crippen MR) is 119 cm³/mol. The summed E-state index contributed by atoms with van der Waals surface area (Å²) in [5, 5.41) is 9.63. The number of fused-ring (bicyclic) bond motifs is 1. The lowest BCUT2D eigenvalue weighted by atomic mass is 10.1. The molecular formula is C23H27N3O2S. The van der Waals surface area contributed by atoms with Gasteiger partial charge in [-0.25, -0.2) is 0 Å². The quantitative estimate of drug-likeness (QED) is 0.650. The molecule has 2 aromatic carbocycles. The van der Waals surface area contributed by atoms with Gasteiger partial charge in [-0.15, -0.1) is 0 Å². The number of amides is 1. The molecule has 29 heavy (non-hydrogen) atoms. The van der Waals surface area contributed by atoms with E-state index in [1.165, 1.54) is 5.56 Å². The highest BCUT2D eigenvalue weighted by molar-refractivity contribution is 7.07. The lowest BCUT2D eigenvalue weighted by molar-refractivity contribution is -0.123. The zero-order valence-electron chi connectivity index (χ0n) is 16.7. The maximum absolute atomic E-state index is 12.4. The van der Waals surface area contributed by atoms with E-state index in [1.54, 1.807) is 11.3 Å². The van der Waals surface area contributed by atoms with Crippen LogP contribution in [0.1, 0.15) is 11.6 Å². The number of piperazine rings is 1. The number of carbonyl (C=O) groups is 1. The fraction of sp³-hybridized carbons (Fsp3) is 0.348. The highest BCUT2D eigenvalue weighted by Gasteiger charge is 2.24. The molecule has 1 aliphatic rings. The Morgan fingerprint density at radius 2 is 1.90 bits per heavy atom. The van der Waals surface area contributed by atoms with Crippen LogP contribution in [0, 0.1) is 0 Å². The minimum atomic E-state index is -0.0903. The highest BCUT2D eigenvalue weighted by Crippen LogP contribution is 2.24. The second-order valence-electron chi connectivity index (χ2n) is 7.51. The van der Waals surface area contributed by atoms with Crippen molar-refractivity contribution in [3.63, 3.8) is 0 Å². The van der Waals surface area contributed by atoms with Crippen molar-refractivity contribution in [3.8, 4) is 5.75 Å². The molecule has 1 saturated heterocycles. The fourth-order valence-corrected chi connectivity index (χ4v) is 4.43. The van der Waals surface area contributed by atoms with Crippen molar-refractivity contribution in [1.82, 2.24) is 15.1 Å². The molecule has 4 rings (SSSR count). The highest BCUT2D eigenvalue weighted by atomic mass is 32.1. The van der Waals surface area contributed by atoms with Gasteiger partial charge in [-0.05, 0) is 52.3 Å². The van der Waals surface area contributed by atoms with E-state index in [4.69, 9.17) is 4.74 Å². The average molecular weight is 410 g/mol. The van der Waals surface area contributed by atoms with Crippen molar-refractivity contribution in [2.45, 2.75) is 6.04 Å². The largest absolute Gasteiger partial charge is 0.484 e. The number of hydrogen-bond donors (Lipinski definition) is 1. The van der Waals surface area contributed by atoms with Crippen molar-refractivity contribution >= 4 is 28.0 Å². The van der Waals surface area contributed by atoms with Gasteiger partial charge in [0.15, 0.2) is 6.61 Å². The van der Waals surface area contributed by atoms with Gasteiger partial charge >= 0.3 is 0 Å². The monoisotopic (exact) mass is 409 g/mol. The van der Waals surface area contributed by atoms with Crippen LogP contribution in [0.3, 0.4) is 0 Å². The molecule has 0 spiro atoms. The van der Waals surface area contributed by atoms with Crippen LogP contribution in [0.4, 0.5) is 0 Å². The Bertz CT molecular complexity index is 936. The van der Waals surface area contributed by atoms with E-state index in [1.807, 2.05) is 36.4 Å². The van der Waals surface area contributed by atoms with Gasteiger partial charge in [-0.1, -0.05) is 30.3 Å². The van der Waals surface area contributed by atoms with Crippen LogP contribution < -0.4 is 10.1 Å². The summed E-state index contributed by atoms with van der Waals surface area (Å²) in [7, 11) is 2.16. The van der Waals surface area contributed by atoms with Gasteiger partial charge in [0.2, 0.25) is 0 Å². The Morgan fingerprint density at radius 1 is 1.10 bits per heavy atom. The van der Waals surface area contributed by atoms with Crippen LogP contribution in [0.25, 0.3) is 10.8 Å². The third kappa shape index (κ3) is 5.15. The Balaban J connectivity index is 1.32.